The van der Waals surface area contributed by atoms with E-state index in [-0.39, 0.29) is 12.4 Å². The molecule has 0 radical (unpaired) electrons. The minimum Gasteiger partial charge on any atom is -0.497 e. The van der Waals surface area contributed by atoms with E-state index in [1.54, 1.807) is 21.1 Å². The number of benzene rings is 3. The zero-order valence-electron chi connectivity index (χ0n) is 28.9. The Morgan fingerprint density at radius 1 is 0.680 bits per heavy atom. The zero-order chi connectivity index (χ0) is 35.1. The van der Waals surface area contributed by atoms with Crippen LogP contribution in [0.3, 0.4) is 0 Å². The molecule has 0 aliphatic heterocycles. The number of aliphatic hydroxyl groups is 1. The highest BCUT2D eigenvalue weighted by Gasteiger charge is 2.15. The van der Waals surface area contributed by atoms with Gasteiger partial charge in [-0.25, -0.2) is 4.98 Å². The fourth-order valence-corrected chi connectivity index (χ4v) is 5.32. The maximum absolute atomic E-state index is 12.0. The average Bonchev–Trinajstić information content (AvgIpc) is 3.59. The number of anilines is 1. The van der Waals surface area contributed by atoms with Crippen LogP contribution in [0.2, 0.25) is 0 Å². The smallest absolute Gasteiger partial charge is 0.159 e. The van der Waals surface area contributed by atoms with E-state index in [4.69, 9.17) is 38.5 Å². The molecule has 0 aliphatic carbocycles. The van der Waals surface area contributed by atoms with Gasteiger partial charge in [0.15, 0.2) is 5.78 Å². The topological polar surface area (TPSA) is 122 Å². The lowest BCUT2D eigenvalue weighted by molar-refractivity contribution is -0.00463. The lowest BCUT2D eigenvalue weighted by atomic mass is 9.99. The number of hydrogen-bond acceptors (Lipinski definition) is 10. The summed E-state index contributed by atoms with van der Waals surface area (Å²) in [5.74, 6) is 1.42. The summed E-state index contributed by atoms with van der Waals surface area (Å²) >= 11 is 0. The number of nitrogens with one attached hydrogen (secondary N) is 1. The molecule has 0 fully saturated rings. The summed E-state index contributed by atoms with van der Waals surface area (Å²) in [4.78, 5) is 17.0. The van der Waals surface area contributed by atoms with Gasteiger partial charge in [-0.1, -0.05) is 36.4 Å². The van der Waals surface area contributed by atoms with Crippen molar-refractivity contribution in [2.45, 2.75) is 6.92 Å². The van der Waals surface area contributed by atoms with Gasteiger partial charge in [-0.05, 0) is 53.9 Å². The maximum atomic E-state index is 12.0. The first kappa shape index (κ1) is 36.5. The molecule has 11 nitrogen and oxygen atoms in total. The van der Waals surface area contributed by atoms with Gasteiger partial charge < -0.3 is 43.2 Å². The van der Waals surface area contributed by atoms with E-state index in [1.165, 1.54) is 0 Å². The van der Waals surface area contributed by atoms with Gasteiger partial charge in [0.2, 0.25) is 0 Å². The number of ether oxygens (including phenoxy) is 6. The highest BCUT2D eigenvalue weighted by molar-refractivity contribution is 5.95. The van der Waals surface area contributed by atoms with E-state index in [2.05, 4.69) is 29.7 Å². The Kier molecular flexibility index (Phi) is 13.8. The molecule has 0 unspecified atom stereocenters. The van der Waals surface area contributed by atoms with E-state index < -0.39 is 0 Å². The monoisotopic (exact) mass is 683 g/mol. The van der Waals surface area contributed by atoms with Crippen LogP contribution in [0.25, 0.3) is 39.2 Å². The second kappa shape index (κ2) is 18.8. The molecule has 0 atom stereocenters. The van der Waals surface area contributed by atoms with Gasteiger partial charge in [0.25, 0.3) is 0 Å². The first-order valence-electron chi connectivity index (χ1n) is 16.6. The summed E-state index contributed by atoms with van der Waals surface area (Å²) in [5.41, 5.74) is 8.05. The molecule has 3 aromatic carbocycles. The van der Waals surface area contributed by atoms with Crippen molar-refractivity contribution in [2.75, 3.05) is 85.5 Å². The lowest BCUT2D eigenvalue weighted by Crippen LogP contribution is -2.14. The van der Waals surface area contributed by atoms with Crippen molar-refractivity contribution in [3.05, 3.63) is 90.8 Å². The van der Waals surface area contributed by atoms with E-state index in [1.807, 2.05) is 65.2 Å². The lowest BCUT2D eigenvalue weighted by Gasteiger charge is -2.12. The van der Waals surface area contributed by atoms with Gasteiger partial charge in [0.1, 0.15) is 17.1 Å². The molecule has 50 heavy (non-hydrogen) atoms. The first-order valence-corrected chi connectivity index (χ1v) is 16.6. The van der Waals surface area contributed by atoms with E-state index in [9.17, 15) is 4.79 Å². The number of fused-ring (bicyclic) bond motifs is 1. The van der Waals surface area contributed by atoms with E-state index in [0.29, 0.717) is 76.5 Å². The van der Waals surface area contributed by atoms with Crippen molar-refractivity contribution < 1.29 is 38.3 Å². The minimum absolute atomic E-state index is 0.0177. The molecule has 0 bridgehead atoms. The van der Waals surface area contributed by atoms with Gasteiger partial charge in [0, 0.05) is 47.4 Å². The number of ketones is 1. The molecular formula is C39H45N3O8. The number of hydrogen-bond donors (Lipinski definition) is 2. The minimum atomic E-state index is 0.0177. The molecule has 5 aromatic rings. The normalized spacial score (nSPS) is 11.2. The zero-order valence-corrected chi connectivity index (χ0v) is 28.9. The van der Waals surface area contributed by atoms with Crippen molar-refractivity contribution in [3.8, 4) is 45.0 Å². The Balaban J connectivity index is 1.22. The average molecular weight is 684 g/mol. The van der Waals surface area contributed by atoms with Gasteiger partial charge in [-0.3, -0.25) is 4.79 Å². The molecule has 264 valence electrons. The number of pyridine rings is 1. The molecule has 2 heterocycles. The summed E-state index contributed by atoms with van der Waals surface area (Å²) in [5, 5.41) is 12.1. The number of aliphatic hydroxyl groups excluding tert-OH is 1. The molecule has 2 N–H and O–H groups in total. The second-order valence-electron chi connectivity index (χ2n) is 11.4. The van der Waals surface area contributed by atoms with Crippen molar-refractivity contribution in [2.24, 2.45) is 0 Å². The molecule has 0 aliphatic rings. The molecule has 0 spiro atoms. The van der Waals surface area contributed by atoms with Crippen LogP contribution in [0.5, 0.6) is 11.5 Å². The first-order chi connectivity index (χ1) is 24.5. The predicted octanol–water partition coefficient (Wildman–Crippen LogP) is 6.03. The van der Waals surface area contributed by atoms with Crippen LogP contribution in [0.1, 0.15) is 17.3 Å². The standard InChI is InChI=1S/C39H45N3O8/c1-28(44)29-4-6-30(7-5-29)37-24-33(32-22-35(45-2)25-36(23-32)46-3)26-42-27-38(41-39(37)42)31-8-10-34(11-9-31)40-12-14-47-16-18-49-20-21-50-19-17-48-15-13-43/h4-11,22-27,40,43H,12-21H2,1-3H3. The van der Waals surface area contributed by atoms with Crippen LogP contribution in [0.4, 0.5) is 5.69 Å². The second-order valence-corrected chi connectivity index (χ2v) is 11.4. The highest BCUT2D eigenvalue weighted by atomic mass is 16.6. The molecule has 0 amide bonds. The van der Waals surface area contributed by atoms with Gasteiger partial charge >= 0.3 is 0 Å². The summed E-state index contributed by atoms with van der Waals surface area (Å²) in [7, 11) is 3.28. The number of nitrogens with zero attached hydrogens (tertiary/aromatic N) is 2. The number of aromatic nitrogens is 2. The Morgan fingerprint density at radius 2 is 1.26 bits per heavy atom. The molecule has 0 saturated heterocycles. The van der Waals surface area contributed by atoms with Crippen molar-refractivity contribution in [1.29, 1.82) is 0 Å². The third-order valence-electron chi connectivity index (χ3n) is 7.95. The van der Waals surface area contributed by atoms with Crippen LogP contribution in [-0.2, 0) is 18.9 Å². The fourth-order valence-electron chi connectivity index (χ4n) is 5.32. The SMILES string of the molecule is COc1cc(OC)cc(-c2cc(-c3ccc(C(C)=O)cc3)c3nc(-c4ccc(NCCOCCOCCOCCOCCO)cc4)cn3c2)c1. The van der Waals surface area contributed by atoms with Crippen molar-refractivity contribution >= 4 is 17.1 Å². The van der Waals surface area contributed by atoms with Crippen LogP contribution in [-0.4, -0.2) is 101 Å². The number of imidazole rings is 1. The number of carbonyl (C=O) groups excluding carboxylic acids is 1. The largest absolute Gasteiger partial charge is 0.497 e. The summed E-state index contributed by atoms with van der Waals surface area (Å²) < 4.78 is 34.8. The fraction of sp³-hybridized carbons (Fsp3) is 0.333. The van der Waals surface area contributed by atoms with Crippen molar-refractivity contribution in [3.63, 3.8) is 0 Å². The Bertz CT molecular complexity index is 1780. The van der Waals surface area contributed by atoms with Crippen LogP contribution in [0.15, 0.2) is 85.2 Å². The maximum Gasteiger partial charge on any atom is 0.159 e. The van der Waals surface area contributed by atoms with E-state index >= 15 is 0 Å². The number of Topliss-reactive ketones (excluding diaryl/α,β-unsaturated/α-hetero) is 1. The molecular weight excluding hydrogens is 638 g/mol. The molecule has 5 rings (SSSR count). The highest BCUT2D eigenvalue weighted by Crippen LogP contribution is 2.35. The van der Waals surface area contributed by atoms with Gasteiger partial charge in [-0.2, -0.15) is 0 Å². The summed E-state index contributed by atoms with van der Waals surface area (Å²) in [6, 6.07) is 23.7. The van der Waals surface area contributed by atoms with Crippen molar-refractivity contribution in [1.82, 2.24) is 9.38 Å². The van der Waals surface area contributed by atoms with Gasteiger partial charge in [-0.15, -0.1) is 0 Å². The Labute approximate surface area is 292 Å². The number of rotatable bonds is 21. The Morgan fingerprint density at radius 3 is 1.84 bits per heavy atom. The molecule has 2 aromatic heterocycles. The third kappa shape index (κ3) is 10.1. The predicted molar refractivity (Wildman–Crippen MR) is 193 cm³/mol. The van der Waals surface area contributed by atoms with Crippen LogP contribution >= 0.6 is 0 Å². The molecule has 11 heteroatoms. The van der Waals surface area contributed by atoms with Crippen LogP contribution < -0.4 is 14.8 Å². The molecule has 0 saturated carbocycles. The third-order valence-corrected chi connectivity index (χ3v) is 7.95. The number of methoxy groups -OCH3 is 2. The summed E-state index contributed by atoms with van der Waals surface area (Å²) in [6.07, 6.45) is 4.09. The Hall–Kier alpha value is -4.78. The van der Waals surface area contributed by atoms with Crippen LogP contribution in [0, 0.1) is 0 Å². The summed E-state index contributed by atoms with van der Waals surface area (Å²) in [6.45, 7) is 6.05. The quantitative estimate of drug-likeness (QED) is 0.0701. The van der Waals surface area contributed by atoms with E-state index in [0.717, 1.165) is 44.8 Å². The van der Waals surface area contributed by atoms with Gasteiger partial charge in [0.05, 0.1) is 79.4 Å². The number of carbonyl (C=O) groups is 1.